The van der Waals surface area contributed by atoms with Crippen LogP contribution in [0.5, 0.6) is 5.75 Å². The molecule has 0 saturated heterocycles. The van der Waals surface area contributed by atoms with Crippen molar-refractivity contribution in [3.63, 3.8) is 0 Å². The molecule has 1 aliphatic rings. The number of rotatable bonds is 6. The molecule has 1 unspecified atom stereocenters. The van der Waals surface area contributed by atoms with E-state index in [1.165, 1.54) is 28.7 Å². The van der Waals surface area contributed by atoms with E-state index in [0.29, 0.717) is 16.8 Å². The van der Waals surface area contributed by atoms with E-state index in [1.54, 1.807) is 6.92 Å². The van der Waals surface area contributed by atoms with Gasteiger partial charge in [-0.1, -0.05) is 18.6 Å². The van der Waals surface area contributed by atoms with Crippen molar-refractivity contribution in [2.45, 2.75) is 58.1 Å². The molecule has 1 aromatic carbocycles. The molecule has 1 atom stereocenters. The molecule has 7 heteroatoms. The first-order chi connectivity index (χ1) is 14.6. The zero-order chi connectivity index (χ0) is 21.1. The summed E-state index contributed by atoms with van der Waals surface area (Å²) in [6.45, 7) is 4.24. The number of thiophene rings is 1. The van der Waals surface area contributed by atoms with Crippen LogP contribution >= 0.6 is 11.3 Å². The van der Waals surface area contributed by atoms with Gasteiger partial charge in [-0.2, -0.15) is 0 Å². The Morgan fingerprint density at radius 1 is 1.23 bits per heavy atom. The van der Waals surface area contributed by atoms with Gasteiger partial charge in [0.05, 0.1) is 18.3 Å². The summed E-state index contributed by atoms with van der Waals surface area (Å²) in [7, 11) is 0. The Balaban J connectivity index is 1.63. The third-order valence-corrected chi connectivity index (χ3v) is 6.48. The molecule has 1 fully saturated rings. The van der Waals surface area contributed by atoms with Crippen LogP contribution in [0, 0.1) is 0 Å². The Hall–Kier alpha value is -2.67. The van der Waals surface area contributed by atoms with Crippen LogP contribution < -0.4 is 10.3 Å². The van der Waals surface area contributed by atoms with E-state index >= 15 is 0 Å². The molecular weight excluding hydrogens is 400 g/mol. The molecule has 0 bridgehead atoms. The second kappa shape index (κ2) is 9.00. The summed E-state index contributed by atoms with van der Waals surface area (Å²) < 4.78 is 12.6. The topological polar surface area (TPSA) is 70.4 Å². The Labute approximate surface area is 179 Å². The first-order valence-electron chi connectivity index (χ1n) is 10.5. The van der Waals surface area contributed by atoms with Crippen molar-refractivity contribution in [1.29, 1.82) is 0 Å². The highest BCUT2D eigenvalue weighted by Gasteiger charge is 2.25. The summed E-state index contributed by atoms with van der Waals surface area (Å²) in [6, 6.07) is 6.93. The second-order valence-electron chi connectivity index (χ2n) is 7.62. The summed E-state index contributed by atoms with van der Waals surface area (Å²) >= 11 is 1.42. The number of nitrogens with zero attached hydrogens (tertiary/aromatic N) is 2. The van der Waals surface area contributed by atoms with Gasteiger partial charge >= 0.3 is 5.97 Å². The van der Waals surface area contributed by atoms with Gasteiger partial charge in [-0.05, 0) is 57.2 Å². The van der Waals surface area contributed by atoms with Crippen LogP contribution in [0.1, 0.15) is 52.0 Å². The van der Waals surface area contributed by atoms with Crippen LogP contribution in [0.2, 0.25) is 0 Å². The van der Waals surface area contributed by atoms with E-state index in [2.05, 4.69) is 4.98 Å². The van der Waals surface area contributed by atoms with Gasteiger partial charge in [0.2, 0.25) is 0 Å². The second-order valence-corrected chi connectivity index (χ2v) is 8.47. The molecule has 3 aromatic rings. The molecule has 158 valence electrons. The van der Waals surface area contributed by atoms with Crippen molar-refractivity contribution in [2.75, 3.05) is 6.61 Å². The van der Waals surface area contributed by atoms with Crippen molar-refractivity contribution in [2.24, 2.45) is 0 Å². The monoisotopic (exact) mass is 426 g/mol. The lowest BCUT2D eigenvalue weighted by Gasteiger charge is -2.24. The minimum Gasteiger partial charge on any atom is -0.494 e. The third-order valence-electron chi connectivity index (χ3n) is 5.59. The molecule has 0 amide bonds. The summed E-state index contributed by atoms with van der Waals surface area (Å²) in [6.07, 6.45) is 6.57. The largest absolute Gasteiger partial charge is 0.494 e. The van der Waals surface area contributed by atoms with Crippen molar-refractivity contribution >= 4 is 27.5 Å². The van der Waals surface area contributed by atoms with Gasteiger partial charge < -0.3 is 9.47 Å². The van der Waals surface area contributed by atoms with Gasteiger partial charge in [0, 0.05) is 10.9 Å². The lowest BCUT2D eigenvalue weighted by atomic mass is 9.98. The zero-order valence-corrected chi connectivity index (χ0v) is 18.1. The molecule has 30 heavy (non-hydrogen) atoms. The van der Waals surface area contributed by atoms with E-state index in [-0.39, 0.29) is 17.6 Å². The average molecular weight is 427 g/mol. The Morgan fingerprint density at radius 2 is 1.97 bits per heavy atom. The van der Waals surface area contributed by atoms with Crippen LogP contribution in [0.25, 0.3) is 21.3 Å². The Kier molecular flexibility index (Phi) is 6.18. The van der Waals surface area contributed by atoms with E-state index in [0.717, 1.165) is 42.6 Å². The van der Waals surface area contributed by atoms with Crippen LogP contribution in [-0.4, -0.2) is 28.2 Å². The number of hydrogen-bond acceptors (Lipinski definition) is 6. The number of carbonyl (C=O) groups is 1. The maximum atomic E-state index is 13.3. The highest BCUT2D eigenvalue weighted by atomic mass is 32.1. The summed E-state index contributed by atoms with van der Waals surface area (Å²) in [5, 5.41) is 2.47. The van der Waals surface area contributed by atoms with Crippen LogP contribution in [0.3, 0.4) is 0 Å². The first kappa shape index (κ1) is 20.6. The number of ether oxygens (including phenoxy) is 2. The summed E-state index contributed by atoms with van der Waals surface area (Å²) in [5.74, 6) is 0.415. The molecule has 0 radical (unpaired) electrons. The van der Waals surface area contributed by atoms with Crippen molar-refractivity contribution in [3.05, 3.63) is 46.3 Å². The van der Waals surface area contributed by atoms with E-state index in [4.69, 9.17) is 9.47 Å². The fraction of sp³-hybridized carbons (Fsp3) is 0.435. The quantitative estimate of drug-likeness (QED) is 0.521. The smallest absolute Gasteiger partial charge is 0.329 e. The molecule has 0 N–H and O–H groups in total. The highest BCUT2D eigenvalue weighted by Crippen LogP contribution is 2.32. The standard InChI is InChI=1S/C23H26N2O4S/c1-3-28-17-11-9-16(10-12-17)19-13-30-21-20(19)22(26)25(14-24-21)15(2)23(27)29-18-7-5-4-6-8-18/h9-15,18H,3-8H2,1-2H3. The summed E-state index contributed by atoms with van der Waals surface area (Å²) in [4.78, 5) is 31.1. The van der Waals surface area contributed by atoms with Crippen molar-refractivity contribution in [3.8, 4) is 16.9 Å². The number of benzene rings is 1. The van der Waals surface area contributed by atoms with Gasteiger partial charge in [0.25, 0.3) is 5.56 Å². The van der Waals surface area contributed by atoms with E-state index < -0.39 is 6.04 Å². The third kappa shape index (κ3) is 4.12. The molecule has 4 rings (SSSR count). The minimum absolute atomic E-state index is 0.0401. The molecule has 2 aromatic heterocycles. The van der Waals surface area contributed by atoms with Gasteiger partial charge in [-0.3, -0.25) is 9.36 Å². The maximum Gasteiger partial charge on any atom is 0.329 e. The maximum absolute atomic E-state index is 13.3. The average Bonchev–Trinajstić information content (AvgIpc) is 3.20. The lowest BCUT2D eigenvalue weighted by Crippen LogP contribution is -2.32. The van der Waals surface area contributed by atoms with Gasteiger partial charge in [-0.25, -0.2) is 9.78 Å². The molecule has 0 aliphatic heterocycles. The fourth-order valence-electron chi connectivity index (χ4n) is 3.89. The fourth-order valence-corrected chi connectivity index (χ4v) is 4.80. The molecule has 1 aliphatic carbocycles. The lowest BCUT2D eigenvalue weighted by molar-refractivity contribution is -0.154. The van der Waals surface area contributed by atoms with Crippen LogP contribution in [0.4, 0.5) is 0 Å². The van der Waals surface area contributed by atoms with Crippen molar-refractivity contribution in [1.82, 2.24) is 9.55 Å². The first-order valence-corrected chi connectivity index (χ1v) is 11.4. The number of fused-ring (bicyclic) bond motifs is 1. The Bertz CT molecular complexity index is 1080. The van der Waals surface area contributed by atoms with Crippen molar-refractivity contribution < 1.29 is 14.3 Å². The van der Waals surface area contributed by atoms with E-state index in [1.807, 2.05) is 36.6 Å². The molecule has 0 spiro atoms. The zero-order valence-electron chi connectivity index (χ0n) is 17.3. The predicted molar refractivity (Wildman–Crippen MR) is 118 cm³/mol. The SMILES string of the molecule is CCOc1ccc(-c2csc3ncn(C(C)C(=O)OC4CCCCC4)c(=O)c23)cc1. The van der Waals surface area contributed by atoms with Crippen LogP contribution in [-0.2, 0) is 9.53 Å². The van der Waals surface area contributed by atoms with E-state index in [9.17, 15) is 9.59 Å². The molecular formula is C23H26N2O4S. The van der Waals surface area contributed by atoms with Gasteiger partial charge in [-0.15, -0.1) is 11.3 Å². The highest BCUT2D eigenvalue weighted by molar-refractivity contribution is 7.17. The normalized spacial score (nSPS) is 15.8. The predicted octanol–water partition coefficient (Wildman–Crippen LogP) is 4.96. The summed E-state index contributed by atoms with van der Waals surface area (Å²) in [5.41, 5.74) is 1.51. The van der Waals surface area contributed by atoms with Crippen LogP contribution in [0.15, 0.2) is 40.8 Å². The number of hydrogen-bond donors (Lipinski definition) is 0. The number of aromatic nitrogens is 2. The van der Waals surface area contributed by atoms with Gasteiger partial charge in [0.1, 0.15) is 22.7 Å². The minimum atomic E-state index is -0.718. The number of carbonyl (C=O) groups excluding carboxylic acids is 1. The molecule has 1 saturated carbocycles. The number of esters is 1. The van der Waals surface area contributed by atoms with Gasteiger partial charge in [0.15, 0.2) is 0 Å². The molecule has 2 heterocycles. The molecule has 6 nitrogen and oxygen atoms in total. The Morgan fingerprint density at radius 3 is 2.67 bits per heavy atom.